The minimum Gasteiger partial charge on any atom is -0.414 e. The quantitative estimate of drug-likeness (QED) is 0.424. The van der Waals surface area contributed by atoms with E-state index in [-0.39, 0.29) is 16.7 Å². The Balaban J connectivity index is 2.13. The molecule has 0 aromatic carbocycles. The third-order valence-corrected chi connectivity index (χ3v) is 19.0. The SMILES string of the molecule is CC(C)(C)[Si](C)(C)OCC1OC(n2ccc(=O)[nH]c2=O)C(O[Si](C)(C)C(C)(C)C)C12NC(C(N)=O)CS2. The zero-order chi connectivity index (χ0) is 28.2. The monoisotopic (exact) mass is 572 g/mol. The van der Waals surface area contributed by atoms with Crippen molar-refractivity contribution in [2.45, 2.75) is 107 Å². The first-order valence-corrected chi connectivity index (χ1v) is 19.5. The van der Waals surface area contributed by atoms with Crippen molar-refractivity contribution in [3.8, 4) is 0 Å². The van der Waals surface area contributed by atoms with Crippen molar-refractivity contribution >= 4 is 34.3 Å². The van der Waals surface area contributed by atoms with Crippen molar-refractivity contribution in [1.29, 1.82) is 0 Å². The normalized spacial score (nSPS) is 29.2. The predicted octanol–water partition coefficient (Wildman–Crippen LogP) is 2.73. The van der Waals surface area contributed by atoms with E-state index in [0.717, 1.165) is 0 Å². The highest BCUT2D eigenvalue weighted by Gasteiger charge is 2.64. The van der Waals surface area contributed by atoms with Crippen LogP contribution in [0.2, 0.25) is 36.3 Å². The summed E-state index contributed by atoms with van der Waals surface area (Å²) in [6.07, 6.45) is -0.615. The lowest BCUT2D eigenvalue weighted by molar-refractivity contribution is -0.119. The molecule has 2 aliphatic heterocycles. The largest absolute Gasteiger partial charge is 0.414 e. The Hall–Kier alpha value is -1.23. The van der Waals surface area contributed by atoms with E-state index in [1.807, 2.05) is 0 Å². The van der Waals surface area contributed by atoms with Crippen molar-refractivity contribution < 1.29 is 18.4 Å². The number of carbonyl (C=O) groups excluding carboxylic acids is 1. The number of nitrogens with two attached hydrogens (primary N) is 1. The topological polar surface area (TPSA) is 138 Å². The number of thioether (sulfide) groups is 1. The summed E-state index contributed by atoms with van der Waals surface area (Å²) in [5, 5.41) is 3.31. The summed E-state index contributed by atoms with van der Waals surface area (Å²) in [5.74, 6) is -0.0101. The summed E-state index contributed by atoms with van der Waals surface area (Å²) >= 11 is 1.53. The maximum Gasteiger partial charge on any atom is 0.330 e. The molecule has 13 heteroatoms. The van der Waals surface area contributed by atoms with Crippen LogP contribution in [0.4, 0.5) is 0 Å². The number of amides is 1. The standard InChI is InChI=1S/C24H44N4O6SSi2/c1-22(2,3)36(7,8)32-13-16-24(27-15(14-35-24)19(25)30)18(34-37(9,10)23(4,5)6)20(33-16)28-12-11-17(29)26-21(28)31/h11-12,15-16,18,20,27H,13-14H2,1-10H3,(H2,25,30)(H,26,29,31). The van der Waals surface area contributed by atoms with Gasteiger partial charge in [0.15, 0.2) is 22.9 Å². The maximum atomic E-state index is 12.9. The summed E-state index contributed by atoms with van der Waals surface area (Å²) in [6, 6.07) is 0.711. The summed E-state index contributed by atoms with van der Waals surface area (Å²) < 4.78 is 21.6. The van der Waals surface area contributed by atoms with E-state index in [9.17, 15) is 14.4 Å². The molecule has 37 heavy (non-hydrogen) atoms. The fourth-order valence-corrected chi connectivity index (χ4v) is 7.89. The Morgan fingerprint density at radius 2 is 1.76 bits per heavy atom. The van der Waals surface area contributed by atoms with Crippen LogP contribution >= 0.6 is 11.8 Å². The van der Waals surface area contributed by atoms with Gasteiger partial charge in [-0.15, -0.1) is 11.8 Å². The zero-order valence-corrected chi connectivity index (χ0v) is 26.6. The first-order valence-electron chi connectivity index (χ1n) is 12.7. The van der Waals surface area contributed by atoms with Crippen LogP contribution in [0, 0.1) is 0 Å². The molecule has 1 aromatic rings. The molecule has 1 aromatic heterocycles. The van der Waals surface area contributed by atoms with E-state index in [4.69, 9.17) is 19.3 Å². The minimum absolute atomic E-state index is 0.0168. The van der Waals surface area contributed by atoms with Gasteiger partial charge >= 0.3 is 5.69 Å². The Kier molecular flexibility index (Phi) is 8.25. The Bertz CT molecular complexity index is 1130. The molecule has 210 valence electrons. The lowest BCUT2D eigenvalue weighted by Gasteiger charge is -2.44. The molecule has 4 N–H and O–H groups in total. The molecule has 1 amide bonds. The number of rotatable bonds is 7. The second-order valence-electron chi connectivity index (χ2n) is 13.1. The lowest BCUT2D eigenvalue weighted by atomic mass is 10.1. The number of hydrogen-bond acceptors (Lipinski definition) is 8. The molecule has 5 unspecified atom stereocenters. The van der Waals surface area contributed by atoms with Crippen LogP contribution < -0.4 is 22.3 Å². The molecule has 3 rings (SSSR count). The van der Waals surface area contributed by atoms with E-state index in [1.165, 1.54) is 28.6 Å². The van der Waals surface area contributed by atoms with Gasteiger partial charge in [-0.2, -0.15) is 0 Å². The molecule has 0 aliphatic carbocycles. The highest BCUT2D eigenvalue weighted by Crippen LogP contribution is 2.52. The molecular weight excluding hydrogens is 529 g/mol. The van der Waals surface area contributed by atoms with Crippen LogP contribution in [0.15, 0.2) is 21.9 Å². The molecule has 3 heterocycles. The van der Waals surface area contributed by atoms with E-state index in [2.05, 4.69) is 78.0 Å². The summed E-state index contributed by atoms with van der Waals surface area (Å²) in [4.78, 5) is 38.4. The van der Waals surface area contributed by atoms with E-state index in [1.54, 1.807) is 0 Å². The molecule has 10 nitrogen and oxygen atoms in total. The fourth-order valence-electron chi connectivity index (χ4n) is 3.96. The molecule has 5 atom stereocenters. The molecule has 1 spiro atoms. The van der Waals surface area contributed by atoms with Gasteiger partial charge in [-0.25, -0.2) is 4.79 Å². The van der Waals surface area contributed by atoms with Crippen LogP contribution in [-0.2, 0) is 18.4 Å². The van der Waals surface area contributed by atoms with Crippen molar-refractivity contribution in [3.05, 3.63) is 33.1 Å². The van der Waals surface area contributed by atoms with Gasteiger partial charge in [0.2, 0.25) is 5.91 Å². The van der Waals surface area contributed by atoms with Gasteiger partial charge in [0.05, 0.1) is 12.6 Å². The first kappa shape index (κ1) is 30.3. The fraction of sp³-hybridized carbons (Fsp3) is 0.792. The number of hydrogen-bond donors (Lipinski definition) is 3. The van der Waals surface area contributed by atoms with E-state index in [0.29, 0.717) is 5.75 Å². The Morgan fingerprint density at radius 1 is 1.16 bits per heavy atom. The Morgan fingerprint density at radius 3 is 2.24 bits per heavy atom. The number of primary amides is 1. The number of H-pyrrole nitrogens is 1. The molecule has 2 aliphatic rings. The first-order chi connectivity index (χ1) is 16.7. The number of carbonyl (C=O) groups is 1. The second-order valence-corrected chi connectivity index (χ2v) is 24.0. The van der Waals surface area contributed by atoms with Crippen LogP contribution in [0.5, 0.6) is 0 Å². The minimum atomic E-state index is -2.40. The molecular formula is C24H44N4O6SSi2. The average molecular weight is 573 g/mol. The molecule has 0 saturated carbocycles. The summed E-state index contributed by atoms with van der Waals surface area (Å²) in [6.45, 7) is 21.8. The van der Waals surface area contributed by atoms with Crippen LogP contribution in [0.3, 0.4) is 0 Å². The van der Waals surface area contributed by atoms with Crippen LogP contribution in [0.25, 0.3) is 0 Å². The average Bonchev–Trinajstić information content (AvgIpc) is 3.29. The van der Waals surface area contributed by atoms with Crippen LogP contribution in [0.1, 0.15) is 47.8 Å². The van der Waals surface area contributed by atoms with E-state index >= 15 is 0 Å². The Labute approximate surface area is 225 Å². The van der Waals surface area contributed by atoms with Crippen molar-refractivity contribution in [2.24, 2.45) is 5.73 Å². The lowest BCUT2D eigenvalue weighted by Crippen LogP contribution is -2.62. The number of aromatic nitrogens is 2. The molecule has 2 fully saturated rings. The van der Waals surface area contributed by atoms with E-state index < -0.39 is 63.1 Å². The third-order valence-electron chi connectivity index (χ3n) is 8.45. The van der Waals surface area contributed by atoms with Gasteiger partial charge in [-0.3, -0.25) is 24.5 Å². The van der Waals surface area contributed by atoms with Gasteiger partial charge < -0.3 is 19.3 Å². The number of ether oxygens (including phenoxy) is 1. The van der Waals surface area contributed by atoms with Crippen molar-refractivity contribution in [1.82, 2.24) is 14.9 Å². The molecule has 0 bridgehead atoms. The maximum absolute atomic E-state index is 12.9. The number of nitrogens with zero attached hydrogens (tertiary/aromatic N) is 1. The molecule has 2 saturated heterocycles. The van der Waals surface area contributed by atoms with Gasteiger partial charge in [0.25, 0.3) is 5.56 Å². The van der Waals surface area contributed by atoms with Gasteiger partial charge in [-0.1, -0.05) is 41.5 Å². The van der Waals surface area contributed by atoms with Gasteiger partial charge in [0.1, 0.15) is 17.1 Å². The predicted molar refractivity (Wildman–Crippen MR) is 152 cm³/mol. The highest BCUT2D eigenvalue weighted by atomic mass is 32.2. The zero-order valence-electron chi connectivity index (χ0n) is 23.8. The molecule has 0 radical (unpaired) electrons. The highest BCUT2D eigenvalue weighted by molar-refractivity contribution is 8.01. The van der Waals surface area contributed by atoms with Crippen molar-refractivity contribution in [3.63, 3.8) is 0 Å². The van der Waals surface area contributed by atoms with Crippen LogP contribution in [-0.4, -0.2) is 67.6 Å². The van der Waals surface area contributed by atoms with Gasteiger partial charge in [-0.05, 0) is 36.3 Å². The summed E-state index contributed by atoms with van der Waals surface area (Å²) in [7, 11) is -4.56. The summed E-state index contributed by atoms with van der Waals surface area (Å²) in [5.41, 5.74) is 4.64. The smallest absolute Gasteiger partial charge is 0.330 e. The number of nitrogens with one attached hydrogen (secondary N) is 2. The van der Waals surface area contributed by atoms with Crippen molar-refractivity contribution in [2.75, 3.05) is 12.4 Å². The second kappa shape index (κ2) is 10.1. The number of aromatic amines is 1. The third kappa shape index (κ3) is 5.87. The van der Waals surface area contributed by atoms with Gasteiger partial charge in [0, 0.05) is 18.0 Å².